The molecule has 0 radical (unpaired) electrons. The minimum atomic E-state index is -0.0949. The van der Waals surface area contributed by atoms with E-state index in [1.807, 2.05) is 0 Å². The molecule has 0 N–H and O–H groups in total. The van der Waals surface area contributed by atoms with Crippen LogP contribution in [0.3, 0.4) is 0 Å². The maximum Gasteiger partial charge on any atom is 0.252 e. The van der Waals surface area contributed by atoms with Crippen LogP contribution in [0.15, 0.2) is 291 Å². The molecule has 0 atom stereocenters. The molecule has 2 aliphatic rings. The third-order valence-electron chi connectivity index (χ3n) is 15.6. The molecule has 1 aromatic heterocycles. The molecular formula is C72H48BN3O. The number of para-hydroxylation sites is 4. The summed E-state index contributed by atoms with van der Waals surface area (Å²) >= 11 is 0. The molecule has 0 saturated carbocycles. The van der Waals surface area contributed by atoms with Crippen molar-refractivity contribution in [1.82, 2.24) is 4.57 Å². The van der Waals surface area contributed by atoms with Gasteiger partial charge in [0.25, 0.3) is 6.71 Å². The molecule has 12 aromatic carbocycles. The normalized spacial score (nSPS) is 12.3. The van der Waals surface area contributed by atoms with Crippen molar-refractivity contribution in [2.45, 2.75) is 0 Å². The zero-order chi connectivity index (χ0) is 50.8. The van der Waals surface area contributed by atoms with Gasteiger partial charge in [-0.3, -0.25) is 0 Å². The minimum absolute atomic E-state index is 0.0949. The van der Waals surface area contributed by atoms with Crippen molar-refractivity contribution in [3.05, 3.63) is 291 Å². The lowest BCUT2D eigenvalue weighted by Gasteiger charge is -2.45. The molecule has 77 heavy (non-hydrogen) atoms. The maximum atomic E-state index is 7.40. The number of hydrogen-bond donors (Lipinski definition) is 0. The lowest BCUT2D eigenvalue weighted by atomic mass is 9.33. The van der Waals surface area contributed by atoms with Crippen LogP contribution in [-0.4, -0.2) is 11.3 Å². The quantitative estimate of drug-likeness (QED) is 0.134. The highest BCUT2D eigenvalue weighted by Gasteiger charge is 2.44. The third kappa shape index (κ3) is 7.31. The zero-order valence-electron chi connectivity index (χ0n) is 42.0. The van der Waals surface area contributed by atoms with Crippen molar-refractivity contribution in [1.29, 1.82) is 0 Å². The first-order chi connectivity index (χ1) is 38.2. The topological polar surface area (TPSA) is 20.6 Å². The molecule has 0 bridgehead atoms. The van der Waals surface area contributed by atoms with Gasteiger partial charge in [0.05, 0.1) is 22.4 Å². The van der Waals surface area contributed by atoms with E-state index in [4.69, 9.17) is 4.74 Å². The third-order valence-corrected chi connectivity index (χ3v) is 15.6. The van der Waals surface area contributed by atoms with Crippen LogP contribution in [0.4, 0.5) is 34.1 Å². The Balaban J connectivity index is 1.02. The van der Waals surface area contributed by atoms with Crippen LogP contribution in [0, 0.1) is 0 Å². The van der Waals surface area contributed by atoms with Crippen LogP contribution < -0.4 is 30.9 Å². The molecule has 0 fully saturated rings. The van der Waals surface area contributed by atoms with Gasteiger partial charge < -0.3 is 19.1 Å². The summed E-state index contributed by atoms with van der Waals surface area (Å²) in [4.78, 5) is 5.04. The summed E-state index contributed by atoms with van der Waals surface area (Å²) in [5.74, 6) is 1.47. The first-order valence-corrected chi connectivity index (χ1v) is 26.5. The molecule has 15 rings (SSSR count). The lowest BCUT2D eigenvalue weighted by molar-refractivity contribution is 0.483. The van der Waals surface area contributed by atoms with Crippen molar-refractivity contribution in [2.24, 2.45) is 0 Å². The second-order valence-electron chi connectivity index (χ2n) is 19.9. The van der Waals surface area contributed by atoms with Crippen molar-refractivity contribution < 1.29 is 4.74 Å². The zero-order valence-corrected chi connectivity index (χ0v) is 42.0. The standard InChI is InChI=1S/C72H48BN3O/c1-5-24-49(25-6-1)56-36-22-44-66(70(56)51-28-9-3-10-29-51)75-64-42-19-15-38-60(64)73-61-39-16-20-43-65(61)76(67-45-23-37-57(50-26-7-2-8-27-50)71(67)52-30-11-4-12-31-52)69-48-55(47-68(75)72(69)73)77-54-33-21-32-53(46-54)74-62-40-17-13-34-58(62)59-35-14-18-41-63(59)74/h1-48H. The average Bonchev–Trinajstić information content (AvgIpc) is 4.03. The van der Waals surface area contributed by atoms with Gasteiger partial charge in [-0.05, 0) is 98.3 Å². The van der Waals surface area contributed by atoms with E-state index in [-0.39, 0.29) is 6.71 Å². The van der Waals surface area contributed by atoms with E-state index in [1.165, 1.54) is 27.2 Å². The van der Waals surface area contributed by atoms with Crippen LogP contribution in [0.1, 0.15) is 0 Å². The molecule has 0 saturated heterocycles. The van der Waals surface area contributed by atoms with E-state index in [9.17, 15) is 0 Å². The second kappa shape index (κ2) is 18.4. The lowest BCUT2D eigenvalue weighted by Crippen LogP contribution is -2.61. The van der Waals surface area contributed by atoms with E-state index < -0.39 is 0 Å². The van der Waals surface area contributed by atoms with E-state index in [1.54, 1.807) is 0 Å². The average molecular weight is 982 g/mol. The number of rotatable bonds is 9. The smallest absolute Gasteiger partial charge is 0.252 e. The number of hydrogen-bond acceptors (Lipinski definition) is 3. The van der Waals surface area contributed by atoms with Gasteiger partial charge in [-0.15, -0.1) is 0 Å². The number of ether oxygens (including phenoxy) is 1. The summed E-state index contributed by atoms with van der Waals surface area (Å²) in [7, 11) is 0. The van der Waals surface area contributed by atoms with Gasteiger partial charge in [0, 0.05) is 68.5 Å². The molecular weight excluding hydrogens is 934 g/mol. The monoisotopic (exact) mass is 981 g/mol. The van der Waals surface area contributed by atoms with Crippen LogP contribution in [0.25, 0.3) is 72.0 Å². The highest BCUT2D eigenvalue weighted by Crippen LogP contribution is 2.52. The Morgan fingerprint density at radius 1 is 0.286 bits per heavy atom. The van der Waals surface area contributed by atoms with Gasteiger partial charge >= 0.3 is 0 Å². The Morgan fingerprint density at radius 3 is 1.18 bits per heavy atom. The summed E-state index contributed by atoms with van der Waals surface area (Å²) < 4.78 is 9.76. The Morgan fingerprint density at radius 2 is 0.688 bits per heavy atom. The van der Waals surface area contributed by atoms with Crippen LogP contribution in [0.5, 0.6) is 11.5 Å². The first kappa shape index (κ1) is 44.4. The number of anilines is 6. The highest BCUT2D eigenvalue weighted by molar-refractivity contribution is 7.00. The molecule has 0 amide bonds. The van der Waals surface area contributed by atoms with Crippen LogP contribution >= 0.6 is 0 Å². The molecule has 2 aliphatic heterocycles. The fourth-order valence-electron chi connectivity index (χ4n) is 12.5. The summed E-state index contributed by atoms with van der Waals surface area (Å²) in [5, 5.41) is 2.44. The Kier molecular flexibility index (Phi) is 10.6. The summed E-state index contributed by atoms with van der Waals surface area (Å²) in [5.41, 5.74) is 22.8. The maximum absolute atomic E-state index is 7.40. The minimum Gasteiger partial charge on any atom is -0.457 e. The summed E-state index contributed by atoms with van der Waals surface area (Å²) in [6.07, 6.45) is 0. The molecule has 5 heteroatoms. The number of nitrogens with zero attached hydrogens (tertiary/aromatic N) is 3. The Hall–Kier alpha value is -10.1. The fourth-order valence-corrected chi connectivity index (χ4v) is 12.5. The molecule has 0 unspecified atom stereocenters. The molecule has 3 heterocycles. The van der Waals surface area contributed by atoms with E-state index in [0.717, 1.165) is 107 Å². The van der Waals surface area contributed by atoms with Crippen LogP contribution in [-0.2, 0) is 0 Å². The molecule has 4 nitrogen and oxygen atoms in total. The van der Waals surface area contributed by atoms with Gasteiger partial charge in [0.1, 0.15) is 11.5 Å². The van der Waals surface area contributed by atoms with E-state index >= 15 is 0 Å². The fraction of sp³-hybridized carbons (Fsp3) is 0. The predicted molar refractivity (Wildman–Crippen MR) is 323 cm³/mol. The van der Waals surface area contributed by atoms with Gasteiger partial charge in [0.15, 0.2) is 0 Å². The SMILES string of the molecule is c1ccc(-c2cccc(N3c4ccccc4B4c5ccccc5N(c5cccc(-c6ccccc6)c5-c5ccccc5)c5cc(Oc6cccc(-n7c8ccccc8c8ccccc87)c6)cc3c54)c2-c2ccccc2)cc1. The van der Waals surface area contributed by atoms with Gasteiger partial charge in [0.2, 0.25) is 0 Å². The number of benzene rings is 12. The van der Waals surface area contributed by atoms with Crippen molar-refractivity contribution >= 4 is 79.0 Å². The first-order valence-electron chi connectivity index (χ1n) is 26.5. The van der Waals surface area contributed by atoms with Crippen molar-refractivity contribution in [3.63, 3.8) is 0 Å². The van der Waals surface area contributed by atoms with Gasteiger partial charge in [-0.25, -0.2) is 0 Å². The number of fused-ring (bicyclic) bond motifs is 7. The molecule has 13 aromatic rings. The summed E-state index contributed by atoms with van der Waals surface area (Å²) in [6.45, 7) is -0.0949. The largest absolute Gasteiger partial charge is 0.457 e. The van der Waals surface area contributed by atoms with E-state index in [2.05, 4.69) is 306 Å². The molecule has 0 spiro atoms. The van der Waals surface area contributed by atoms with Crippen molar-refractivity contribution in [3.8, 4) is 61.7 Å². The van der Waals surface area contributed by atoms with E-state index in [0.29, 0.717) is 0 Å². The molecule has 360 valence electrons. The summed E-state index contributed by atoms with van der Waals surface area (Å²) in [6, 6.07) is 105. The second-order valence-corrected chi connectivity index (χ2v) is 19.9. The Bertz CT molecular complexity index is 4130. The Labute approximate surface area is 448 Å². The highest BCUT2D eigenvalue weighted by atomic mass is 16.5. The van der Waals surface area contributed by atoms with Gasteiger partial charge in [-0.1, -0.05) is 224 Å². The van der Waals surface area contributed by atoms with Gasteiger partial charge in [-0.2, -0.15) is 0 Å². The predicted octanol–water partition coefficient (Wildman–Crippen LogP) is 17.3. The van der Waals surface area contributed by atoms with Crippen LogP contribution in [0.2, 0.25) is 0 Å². The molecule has 0 aliphatic carbocycles. The number of aromatic nitrogens is 1. The van der Waals surface area contributed by atoms with Crippen molar-refractivity contribution in [2.75, 3.05) is 9.80 Å².